The highest BCUT2D eigenvalue weighted by molar-refractivity contribution is 7.90. The molecule has 0 fully saturated rings. The van der Waals surface area contributed by atoms with Crippen LogP contribution in [-0.2, 0) is 40.5 Å². The van der Waals surface area contributed by atoms with Crippen LogP contribution in [0.4, 0.5) is 8.78 Å². The lowest BCUT2D eigenvalue weighted by molar-refractivity contribution is -0.142. The average Bonchev–Trinajstić information content (AvgIpc) is 3.39. The number of fused-ring (bicyclic) bond motifs is 1. The van der Waals surface area contributed by atoms with Gasteiger partial charge in [-0.05, 0) is 64.4 Å². The lowest BCUT2D eigenvalue weighted by Crippen LogP contribution is -2.39. The molecule has 10 heteroatoms. The number of furan rings is 1. The third-order valence-electron chi connectivity index (χ3n) is 6.17. The van der Waals surface area contributed by atoms with Crippen molar-refractivity contribution in [3.63, 3.8) is 0 Å². The smallest absolute Gasteiger partial charge is 0.310 e. The molecule has 0 saturated heterocycles. The van der Waals surface area contributed by atoms with Gasteiger partial charge in [0.25, 0.3) is 0 Å². The molecule has 2 heterocycles. The van der Waals surface area contributed by atoms with E-state index >= 15 is 8.78 Å². The van der Waals surface area contributed by atoms with E-state index in [1.165, 1.54) is 30.7 Å². The fourth-order valence-corrected chi connectivity index (χ4v) is 4.81. The van der Waals surface area contributed by atoms with E-state index in [9.17, 15) is 9.35 Å². The number of carbonyl (C=O) groups is 1. The maximum absolute atomic E-state index is 15.7. The predicted octanol–water partition coefficient (Wildman–Crippen LogP) is 6.32. The monoisotopic (exact) mass is 570 g/mol. The molecular formula is C30H32F2N2O5S. The number of halogens is 2. The van der Waals surface area contributed by atoms with Gasteiger partial charge in [0.15, 0.2) is 5.82 Å². The van der Waals surface area contributed by atoms with Gasteiger partial charge < -0.3 is 18.4 Å². The Kier molecular flexibility index (Phi) is 9.12. The summed E-state index contributed by atoms with van der Waals surface area (Å²) < 4.78 is 62.5. The molecule has 0 spiro atoms. The van der Waals surface area contributed by atoms with Gasteiger partial charge in [-0.2, -0.15) is 0 Å². The molecule has 2 aromatic heterocycles. The summed E-state index contributed by atoms with van der Waals surface area (Å²) in [5.41, 5.74) is 2.43. The third-order valence-corrected chi connectivity index (χ3v) is 7.69. The fraction of sp³-hybridized carbons (Fsp3) is 0.333. The molecule has 4 aromatic rings. The number of nitrogens with zero attached hydrogens (tertiary/aromatic N) is 1. The second-order valence-electron chi connectivity index (χ2n) is 10.3. The number of esters is 1. The maximum Gasteiger partial charge on any atom is 0.310 e. The molecule has 0 aliphatic carbocycles. The van der Waals surface area contributed by atoms with E-state index in [1.54, 1.807) is 19.1 Å². The summed E-state index contributed by atoms with van der Waals surface area (Å²) in [5, 5.41) is 0.178. The number of benzene rings is 2. The zero-order chi connectivity index (χ0) is 29.0. The van der Waals surface area contributed by atoms with Crippen LogP contribution in [0.15, 0.2) is 53.3 Å². The summed E-state index contributed by atoms with van der Waals surface area (Å²) in [5.74, 6) is -1.15. The lowest BCUT2D eigenvalue weighted by atomic mass is 9.99. The minimum absolute atomic E-state index is 0.0109. The molecule has 1 atom stereocenters. The normalized spacial score (nSPS) is 12.5. The van der Waals surface area contributed by atoms with E-state index in [1.807, 2.05) is 33.8 Å². The Balaban J connectivity index is 1.67. The molecule has 40 heavy (non-hydrogen) atoms. The summed E-state index contributed by atoms with van der Waals surface area (Å²) in [7, 11) is 0. The first kappa shape index (κ1) is 29.5. The zero-order valence-electron chi connectivity index (χ0n) is 23.1. The summed E-state index contributed by atoms with van der Waals surface area (Å²) in [4.78, 5) is 16.2. The Morgan fingerprint density at radius 2 is 1.88 bits per heavy atom. The summed E-state index contributed by atoms with van der Waals surface area (Å²) >= 11 is -1.42. The Bertz CT molecular complexity index is 1520. The minimum Gasteiger partial charge on any atom is -0.598 e. The van der Waals surface area contributed by atoms with Gasteiger partial charge in [-0.15, -0.1) is 4.72 Å². The number of pyridine rings is 1. The highest BCUT2D eigenvalue weighted by atomic mass is 32.2. The number of hydrogen-bond donors (Lipinski definition) is 1. The van der Waals surface area contributed by atoms with Crippen LogP contribution in [-0.4, -0.2) is 26.9 Å². The van der Waals surface area contributed by atoms with Crippen molar-refractivity contribution < 1.29 is 32.0 Å². The number of carbonyl (C=O) groups excluding carboxylic acids is 1. The van der Waals surface area contributed by atoms with Gasteiger partial charge in [0.05, 0.1) is 36.9 Å². The molecule has 1 unspecified atom stereocenters. The summed E-state index contributed by atoms with van der Waals surface area (Å²) in [6, 6.07) is 9.85. The standard InChI is InChI=1S/C30H32F2N2O5S/c1-6-37-26(35)15-19-8-7-18(2)13-25(19)39-17-20-14-23(29-22(27(20)31)10-12-38-29)21-9-11-33-24(28(21)32)16-34-40(36)30(3,4)5/h7-14,34H,6,15-17H2,1-5H3. The quantitative estimate of drug-likeness (QED) is 0.176. The van der Waals surface area contributed by atoms with Gasteiger partial charge in [0.1, 0.15) is 28.5 Å². The van der Waals surface area contributed by atoms with Gasteiger partial charge in [0.2, 0.25) is 0 Å². The van der Waals surface area contributed by atoms with Crippen molar-refractivity contribution in [2.24, 2.45) is 0 Å². The Labute approximate surface area is 235 Å². The number of aryl methyl sites for hydroxylation is 1. The van der Waals surface area contributed by atoms with Crippen LogP contribution < -0.4 is 9.46 Å². The molecule has 0 radical (unpaired) electrons. The van der Waals surface area contributed by atoms with E-state index in [2.05, 4.69) is 9.71 Å². The minimum atomic E-state index is -1.42. The molecule has 0 saturated carbocycles. The van der Waals surface area contributed by atoms with Crippen molar-refractivity contribution in [2.45, 2.75) is 58.9 Å². The number of rotatable bonds is 10. The number of ether oxygens (including phenoxy) is 2. The van der Waals surface area contributed by atoms with Crippen LogP contribution in [0.1, 0.15) is 50.1 Å². The molecule has 0 amide bonds. The molecule has 2 aromatic carbocycles. The van der Waals surface area contributed by atoms with Crippen LogP contribution in [0.3, 0.4) is 0 Å². The average molecular weight is 571 g/mol. The van der Waals surface area contributed by atoms with E-state index in [4.69, 9.17) is 13.9 Å². The van der Waals surface area contributed by atoms with Gasteiger partial charge in [-0.25, -0.2) is 8.78 Å². The highest BCUT2D eigenvalue weighted by Crippen LogP contribution is 2.36. The number of nitrogens with one attached hydrogen (secondary N) is 1. The topological polar surface area (TPSA) is 96.7 Å². The van der Waals surface area contributed by atoms with Crippen molar-refractivity contribution in [1.29, 1.82) is 0 Å². The van der Waals surface area contributed by atoms with E-state index < -0.39 is 33.7 Å². The molecular weight excluding hydrogens is 538 g/mol. The first-order valence-corrected chi connectivity index (χ1v) is 14.0. The molecule has 0 aliphatic heterocycles. The Morgan fingerprint density at radius 1 is 1.10 bits per heavy atom. The Morgan fingerprint density at radius 3 is 2.60 bits per heavy atom. The summed E-state index contributed by atoms with van der Waals surface area (Å²) in [6.07, 6.45) is 2.79. The first-order chi connectivity index (χ1) is 19.0. The van der Waals surface area contributed by atoms with Crippen LogP contribution in [0, 0.1) is 18.6 Å². The van der Waals surface area contributed by atoms with Crippen LogP contribution in [0.25, 0.3) is 22.1 Å². The van der Waals surface area contributed by atoms with Gasteiger partial charge >= 0.3 is 5.97 Å². The molecule has 0 bridgehead atoms. The maximum atomic E-state index is 15.7. The largest absolute Gasteiger partial charge is 0.598 e. The number of aromatic nitrogens is 1. The van der Waals surface area contributed by atoms with Crippen molar-refractivity contribution in [1.82, 2.24) is 9.71 Å². The van der Waals surface area contributed by atoms with E-state index in [-0.39, 0.29) is 54.0 Å². The second-order valence-corrected chi connectivity index (χ2v) is 12.3. The molecule has 4 rings (SSSR count). The van der Waals surface area contributed by atoms with Gasteiger partial charge in [-0.1, -0.05) is 12.1 Å². The summed E-state index contributed by atoms with van der Waals surface area (Å²) in [6.45, 7) is 9.07. The van der Waals surface area contributed by atoms with Crippen LogP contribution in [0.2, 0.25) is 0 Å². The van der Waals surface area contributed by atoms with Crippen molar-refractivity contribution in [3.05, 3.63) is 82.9 Å². The van der Waals surface area contributed by atoms with Crippen LogP contribution in [0.5, 0.6) is 5.75 Å². The third kappa shape index (κ3) is 6.63. The number of hydrogen-bond acceptors (Lipinski definition) is 7. The van der Waals surface area contributed by atoms with Gasteiger partial charge in [0, 0.05) is 39.8 Å². The highest BCUT2D eigenvalue weighted by Gasteiger charge is 2.27. The zero-order valence-corrected chi connectivity index (χ0v) is 23.9. The SMILES string of the molecule is CCOC(=O)Cc1ccc(C)cc1OCc1cc(-c2ccnc(CN[S+]([O-])C(C)(C)C)c2F)c2occc2c1F. The van der Waals surface area contributed by atoms with Gasteiger partial charge in [-0.3, -0.25) is 9.78 Å². The first-order valence-electron chi connectivity index (χ1n) is 12.8. The molecule has 1 N–H and O–H groups in total. The van der Waals surface area contributed by atoms with E-state index in [0.717, 1.165) is 5.56 Å². The van der Waals surface area contributed by atoms with Crippen molar-refractivity contribution >= 4 is 28.3 Å². The lowest BCUT2D eigenvalue weighted by Gasteiger charge is -2.23. The van der Waals surface area contributed by atoms with Crippen molar-refractivity contribution in [3.8, 4) is 16.9 Å². The second kappa shape index (κ2) is 12.4. The fourth-order valence-electron chi connectivity index (χ4n) is 4.11. The molecule has 0 aliphatic rings. The molecule has 7 nitrogen and oxygen atoms in total. The Hall–Kier alpha value is -3.47. The van der Waals surface area contributed by atoms with Crippen LogP contribution >= 0.6 is 0 Å². The van der Waals surface area contributed by atoms with E-state index in [0.29, 0.717) is 16.9 Å². The van der Waals surface area contributed by atoms with Crippen molar-refractivity contribution in [2.75, 3.05) is 6.61 Å². The molecule has 212 valence electrons. The predicted molar refractivity (Wildman–Crippen MR) is 150 cm³/mol.